The lowest BCUT2D eigenvalue weighted by Crippen LogP contribution is -2.21. The first-order valence-corrected chi connectivity index (χ1v) is 8.77. The zero-order valence-corrected chi connectivity index (χ0v) is 15.0. The van der Waals surface area contributed by atoms with Gasteiger partial charge in [-0.3, -0.25) is 23.8 Å². The monoisotopic (exact) mass is 369 g/mol. The molecule has 1 N–H and O–H groups in total. The Bertz CT molecular complexity index is 1460. The van der Waals surface area contributed by atoms with Crippen molar-refractivity contribution < 1.29 is 0 Å². The molecule has 0 aliphatic rings. The van der Waals surface area contributed by atoms with Crippen LogP contribution in [0.25, 0.3) is 33.3 Å². The Labute approximate surface area is 158 Å². The van der Waals surface area contributed by atoms with Crippen LogP contribution in [0.4, 0.5) is 0 Å². The van der Waals surface area contributed by atoms with Gasteiger partial charge in [-0.25, -0.2) is 4.98 Å². The number of fused-ring (bicyclic) bond motifs is 2. The molecule has 0 bridgehead atoms. The topological polar surface area (TPSA) is 85.6 Å². The fourth-order valence-corrected chi connectivity index (χ4v) is 3.42. The van der Waals surface area contributed by atoms with Crippen LogP contribution in [0, 0.1) is 6.92 Å². The van der Waals surface area contributed by atoms with Crippen LogP contribution < -0.4 is 11.1 Å². The van der Waals surface area contributed by atoms with Crippen molar-refractivity contribution in [3.05, 3.63) is 93.4 Å². The molecule has 0 unspecified atom stereocenters. The molecule has 7 nitrogen and oxygen atoms in total. The maximum absolute atomic E-state index is 13.1. The van der Waals surface area contributed by atoms with Crippen molar-refractivity contribution >= 4 is 21.8 Å². The van der Waals surface area contributed by atoms with E-state index in [9.17, 15) is 9.59 Å². The van der Waals surface area contributed by atoms with E-state index in [-0.39, 0.29) is 11.1 Å². The number of pyridine rings is 3. The van der Waals surface area contributed by atoms with Crippen molar-refractivity contribution in [2.75, 3.05) is 0 Å². The third-order valence-corrected chi connectivity index (χ3v) is 4.86. The quantitative estimate of drug-likeness (QED) is 0.485. The highest BCUT2D eigenvalue weighted by Crippen LogP contribution is 2.17. The molecule has 4 aromatic heterocycles. The van der Waals surface area contributed by atoms with Crippen LogP contribution in [0.5, 0.6) is 0 Å². The minimum absolute atomic E-state index is 0.211. The summed E-state index contributed by atoms with van der Waals surface area (Å²) in [6.07, 6.45) is 4.94. The third-order valence-electron chi connectivity index (χ3n) is 4.86. The highest BCUT2D eigenvalue weighted by atomic mass is 16.1. The highest BCUT2D eigenvalue weighted by molar-refractivity contribution is 5.91. The molecule has 0 atom stereocenters. The summed E-state index contributed by atoms with van der Waals surface area (Å²) >= 11 is 0. The van der Waals surface area contributed by atoms with Crippen molar-refractivity contribution in [1.29, 1.82) is 0 Å². The molecule has 0 aliphatic carbocycles. The molecular weight excluding hydrogens is 354 g/mol. The Balaban J connectivity index is 1.82. The van der Waals surface area contributed by atoms with Gasteiger partial charge in [0.1, 0.15) is 5.82 Å². The van der Waals surface area contributed by atoms with E-state index in [1.807, 2.05) is 31.2 Å². The SMILES string of the molecule is Cc1ccccc1-n1ccc2nc3ccn(-c4ccn[nH]4)c(=O)c3cc2c1=O. The van der Waals surface area contributed by atoms with Crippen molar-refractivity contribution in [3.63, 3.8) is 0 Å². The van der Waals surface area contributed by atoms with Gasteiger partial charge in [-0.1, -0.05) is 18.2 Å². The molecular formula is C21H15N5O2. The molecule has 0 fully saturated rings. The zero-order valence-electron chi connectivity index (χ0n) is 15.0. The summed E-state index contributed by atoms with van der Waals surface area (Å²) in [7, 11) is 0. The van der Waals surface area contributed by atoms with Crippen molar-refractivity contribution in [2.45, 2.75) is 6.92 Å². The molecule has 5 aromatic rings. The molecule has 0 saturated heterocycles. The fourth-order valence-electron chi connectivity index (χ4n) is 3.42. The molecule has 4 heterocycles. The second-order valence-electron chi connectivity index (χ2n) is 6.56. The number of hydrogen-bond acceptors (Lipinski definition) is 4. The van der Waals surface area contributed by atoms with E-state index in [0.717, 1.165) is 11.3 Å². The number of nitrogens with zero attached hydrogens (tertiary/aromatic N) is 4. The first-order valence-electron chi connectivity index (χ1n) is 8.77. The van der Waals surface area contributed by atoms with E-state index in [2.05, 4.69) is 15.2 Å². The van der Waals surface area contributed by atoms with Gasteiger partial charge in [-0.15, -0.1) is 0 Å². The van der Waals surface area contributed by atoms with Crippen LogP contribution in [0.3, 0.4) is 0 Å². The molecule has 0 aliphatic heterocycles. The molecule has 1 aromatic carbocycles. The smallest absolute Gasteiger partial charge is 0.265 e. The second kappa shape index (κ2) is 6.02. The standard InChI is InChI=1S/C21H15N5O2/c1-13-4-2-3-5-18(13)25-10-7-16-14(20(25)27)12-15-17(23-16)8-11-26(21(15)28)19-6-9-22-24-19/h2-12H,1H3,(H,22,24). The maximum atomic E-state index is 13.1. The lowest BCUT2D eigenvalue weighted by Gasteiger charge is -2.10. The second-order valence-corrected chi connectivity index (χ2v) is 6.56. The number of H-pyrrole nitrogens is 1. The Morgan fingerprint density at radius 2 is 1.54 bits per heavy atom. The molecule has 136 valence electrons. The lowest BCUT2D eigenvalue weighted by molar-refractivity contribution is 0.926. The number of benzene rings is 1. The van der Waals surface area contributed by atoms with Gasteiger partial charge in [0.2, 0.25) is 0 Å². The molecule has 0 spiro atoms. The number of para-hydroxylation sites is 1. The van der Waals surface area contributed by atoms with E-state index < -0.39 is 0 Å². The summed E-state index contributed by atoms with van der Waals surface area (Å²) in [5.74, 6) is 0.553. The average Bonchev–Trinajstić information content (AvgIpc) is 3.23. The van der Waals surface area contributed by atoms with Gasteiger partial charge in [0.15, 0.2) is 0 Å². The van der Waals surface area contributed by atoms with Crippen LogP contribution >= 0.6 is 0 Å². The normalized spacial score (nSPS) is 11.3. The summed E-state index contributed by atoms with van der Waals surface area (Å²) in [6.45, 7) is 1.95. The first kappa shape index (κ1) is 16.2. The van der Waals surface area contributed by atoms with Crippen LogP contribution in [0.1, 0.15) is 5.56 Å². The van der Waals surface area contributed by atoms with E-state index in [0.29, 0.717) is 27.6 Å². The number of nitrogens with one attached hydrogen (secondary N) is 1. The lowest BCUT2D eigenvalue weighted by atomic mass is 10.1. The van der Waals surface area contributed by atoms with Crippen molar-refractivity contribution in [1.82, 2.24) is 24.3 Å². The largest absolute Gasteiger partial charge is 0.283 e. The van der Waals surface area contributed by atoms with E-state index in [1.54, 1.807) is 47.4 Å². The molecule has 7 heteroatoms. The van der Waals surface area contributed by atoms with Gasteiger partial charge in [0.05, 0.1) is 33.7 Å². The molecule has 0 saturated carbocycles. The summed E-state index contributed by atoms with van der Waals surface area (Å²) < 4.78 is 3.03. The van der Waals surface area contributed by atoms with Crippen molar-refractivity contribution in [2.24, 2.45) is 0 Å². The van der Waals surface area contributed by atoms with Crippen LogP contribution in [0.2, 0.25) is 0 Å². The average molecular weight is 369 g/mol. The van der Waals surface area contributed by atoms with Gasteiger partial charge in [-0.05, 0) is 36.8 Å². The summed E-state index contributed by atoms with van der Waals surface area (Å²) in [6, 6.07) is 14.5. The van der Waals surface area contributed by atoms with Crippen LogP contribution in [-0.4, -0.2) is 24.3 Å². The van der Waals surface area contributed by atoms with E-state index in [4.69, 9.17) is 0 Å². The van der Waals surface area contributed by atoms with Gasteiger partial charge < -0.3 is 0 Å². The van der Waals surface area contributed by atoms with Gasteiger partial charge in [0, 0.05) is 18.5 Å². The van der Waals surface area contributed by atoms with Crippen LogP contribution in [0.15, 0.2) is 76.7 Å². The van der Waals surface area contributed by atoms with Gasteiger partial charge in [0.25, 0.3) is 11.1 Å². The minimum atomic E-state index is -0.262. The zero-order chi connectivity index (χ0) is 19.3. The third kappa shape index (κ3) is 2.37. The van der Waals surface area contributed by atoms with Gasteiger partial charge in [-0.2, -0.15) is 5.10 Å². The summed E-state index contributed by atoms with van der Waals surface area (Å²) in [4.78, 5) is 30.6. The summed E-state index contributed by atoms with van der Waals surface area (Å²) in [5, 5.41) is 7.43. The summed E-state index contributed by atoms with van der Waals surface area (Å²) in [5.41, 5.74) is 2.42. The Kier molecular flexibility index (Phi) is 3.48. The number of rotatable bonds is 2. The predicted octanol–water partition coefficient (Wildman–Crippen LogP) is 2.72. The highest BCUT2D eigenvalue weighted by Gasteiger charge is 2.12. The Morgan fingerprint density at radius 3 is 2.21 bits per heavy atom. The van der Waals surface area contributed by atoms with E-state index >= 15 is 0 Å². The fraction of sp³-hybridized carbons (Fsp3) is 0.0476. The molecule has 28 heavy (non-hydrogen) atoms. The van der Waals surface area contributed by atoms with Crippen molar-refractivity contribution in [3.8, 4) is 11.5 Å². The number of aromatic amines is 1. The molecule has 0 radical (unpaired) electrons. The Hall–Kier alpha value is -4.00. The van der Waals surface area contributed by atoms with Crippen LogP contribution in [-0.2, 0) is 0 Å². The predicted molar refractivity (Wildman–Crippen MR) is 107 cm³/mol. The number of aromatic nitrogens is 5. The minimum Gasteiger partial charge on any atom is -0.283 e. The maximum Gasteiger partial charge on any atom is 0.265 e. The molecule has 0 amide bonds. The Morgan fingerprint density at radius 1 is 0.857 bits per heavy atom. The number of aryl methyl sites for hydroxylation is 1. The number of hydrogen-bond donors (Lipinski definition) is 1. The molecule has 5 rings (SSSR count). The first-order chi connectivity index (χ1) is 13.6. The van der Waals surface area contributed by atoms with Gasteiger partial charge >= 0.3 is 0 Å². The van der Waals surface area contributed by atoms with E-state index in [1.165, 1.54) is 4.57 Å².